The van der Waals surface area contributed by atoms with E-state index in [9.17, 15) is 18.3 Å². The quantitative estimate of drug-likeness (QED) is 0.551. The molecule has 0 aliphatic carbocycles. The lowest BCUT2D eigenvalue weighted by atomic mass is 9.74. The number of para-hydroxylation sites is 1. The van der Waals surface area contributed by atoms with Gasteiger partial charge in [-0.05, 0) is 30.0 Å². The van der Waals surface area contributed by atoms with Gasteiger partial charge < -0.3 is 19.9 Å². The lowest BCUT2D eigenvalue weighted by molar-refractivity contribution is -0.260. The third-order valence-corrected chi connectivity index (χ3v) is 5.44. The van der Waals surface area contributed by atoms with Crippen molar-refractivity contribution in [2.45, 2.75) is 37.5 Å². The zero-order chi connectivity index (χ0) is 21.6. The summed E-state index contributed by atoms with van der Waals surface area (Å²) in [6.45, 7) is 2.61. The minimum atomic E-state index is -4.85. The first kappa shape index (κ1) is 20.3. The molecular formula is C21H22F3N3O3. The molecule has 0 radical (unpaired) electrons. The smallest absolute Gasteiger partial charge is 0.418 e. The van der Waals surface area contributed by atoms with Crippen LogP contribution in [-0.4, -0.2) is 40.4 Å². The van der Waals surface area contributed by atoms with Gasteiger partial charge in [0.2, 0.25) is 6.79 Å². The maximum absolute atomic E-state index is 14.0. The van der Waals surface area contributed by atoms with Crippen molar-refractivity contribution in [3.63, 3.8) is 0 Å². The standard InChI is InChI=1S/C21H22F3N3O3/c1-19(2,14-5-3-8-17-18(14)30-12-29-17)10-20(28,21(22,23)24)11-25-15-6-4-7-16-13(15)9-26-27-16/h3-9,25,28H,10-12H2,1-2H3,(H,26,27). The summed E-state index contributed by atoms with van der Waals surface area (Å²) in [7, 11) is 0. The van der Waals surface area contributed by atoms with E-state index in [-0.39, 0.29) is 6.79 Å². The molecule has 0 fully saturated rings. The van der Waals surface area contributed by atoms with Crippen molar-refractivity contribution in [2.75, 3.05) is 18.7 Å². The number of aromatic nitrogens is 2. The molecule has 30 heavy (non-hydrogen) atoms. The number of hydrogen-bond donors (Lipinski definition) is 3. The lowest BCUT2D eigenvalue weighted by Crippen LogP contribution is -2.53. The molecule has 3 N–H and O–H groups in total. The number of aliphatic hydroxyl groups is 1. The molecule has 1 aliphatic rings. The molecule has 0 amide bonds. The van der Waals surface area contributed by atoms with Crippen molar-refractivity contribution in [1.82, 2.24) is 10.2 Å². The Morgan fingerprint density at radius 3 is 2.67 bits per heavy atom. The van der Waals surface area contributed by atoms with E-state index >= 15 is 0 Å². The maximum atomic E-state index is 14.0. The lowest BCUT2D eigenvalue weighted by Gasteiger charge is -2.38. The van der Waals surface area contributed by atoms with Crippen LogP contribution >= 0.6 is 0 Å². The summed E-state index contributed by atoms with van der Waals surface area (Å²) in [4.78, 5) is 0. The number of nitrogens with zero attached hydrogens (tertiary/aromatic N) is 1. The Labute approximate surface area is 171 Å². The van der Waals surface area contributed by atoms with Gasteiger partial charge in [0.15, 0.2) is 17.1 Å². The highest BCUT2D eigenvalue weighted by molar-refractivity contribution is 5.90. The Hall–Kier alpha value is -2.94. The minimum Gasteiger partial charge on any atom is -0.454 e. The average molecular weight is 421 g/mol. The SMILES string of the molecule is CC(C)(CC(O)(CNc1cccc2[nH]ncc12)C(F)(F)F)c1cccc2c1OCO2. The van der Waals surface area contributed by atoms with E-state index in [2.05, 4.69) is 15.5 Å². The predicted octanol–water partition coefficient (Wildman–Crippen LogP) is 4.36. The van der Waals surface area contributed by atoms with E-state index in [1.807, 2.05) is 0 Å². The van der Waals surface area contributed by atoms with Crippen molar-refractivity contribution >= 4 is 16.6 Å². The summed E-state index contributed by atoms with van der Waals surface area (Å²) in [6, 6.07) is 10.2. The first-order valence-electron chi connectivity index (χ1n) is 9.45. The van der Waals surface area contributed by atoms with Crippen LogP contribution in [0.25, 0.3) is 10.9 Å². The topological polar surface area (TPSA) is 79.4 Å². The molecule has 9 heteroatoms. The van der Waals surface area contributed by atoms with Crippen molar-refractivity contribution in [3.8, 4) is 11.5 Å². The number of fused-ring (bicyclic) bond motifs is 2. The highest BCUT2D eigenvalue weighted by atomic mass is 19.4. The van der Waals surface area contributed by atoms with Gasteiger partial charge in [0, 0.05) is 16.6 Å². The van der Waals surface area contributed by atoms with Gasteiger partial charge in [-0.15, -0.1) is 0 Å². The molecule has 0 saturated carbocycles. The number of H-pyrrole nitrogens is 1. The molecule has 0 bridgehead atoms. The van der Waals surface area contributed by atoms with Gasteiger partial charge in [0.25, 0.3) is 0 Å². The monoisotopic (exact) mass is 421 g/mol. The van der Waals surface area contributed by atoms with E-state index in [1.54, 1.807) is 50.2 Å². The molecule has 1 aliphatic heterocycles. The molecule has 1 aromatic heterocycles. The van der Waals surface area contributed by atoms with Gasteiger partial charge in [-0.1, -0.05) is 32.0 Å². The maximum Gasteiger partial charge on any atom is 0.418 e. The van der Waals surface area contributed by atoms with Crippen molar-refractivity contribution < 1.29 is 27.8 Å². The van der Waals surface area contributed by atoms with Crippen LogP contribution in [0.1, 0.15) is 25.8 Å². The Morgan fingerprint density at radius 2 is 1.90 bits per heavy atom. The fourth-order valence-corrected chi connectivity index (χ4v) is 3.92. The number of benzene rings is 2. The largest absolute Gasteiger partial charge is 0.454 e. The van der Waals surface area contributed by atoms with Crippen LogP contribution in [0.2, 0.25) is 0 Å². The molecule has 1 unspecified atom stereocenters. The third kappa shape index (κ3) is 3.54. The second kappa shape index (κ2) is 7.09. The van der Waals surface area contributed by atoms with E-state index in [1.165, 1.54) is 6.20 Å². The molecule has 2 heterocycles. The molecule has 0 spiro atoms. The van der Waals surface area contributed by atoms with Gasteiger partial charge in [-0.25, -0.2) is 0 Å². The van der Waals surface area contributed by atoms with Crippen molar-refractivity contribution in [1.29, 1.82) is 0 Å². The number of nitrogens with one attached hydrogen (secondary N) is 2. The molecule has 3 aromatic rings. The number of alkyl halides is 3. The summed E-state index contributed by atoms with van der Waals surface area (Å²) >= 11 is 0. The highest BCUT2D eigenvalue weighted by Gasteiger charge is 2.56. The minimum absolute atomic E-state index is 0.0161. The van der Waals surface area contributed by atoms with Crippen LogP contribution in [-0.2, 0) is 5.41 Å². The van der Waals surface area contributed by atoms with Crippen LogP contribution in [0.5, 0.6) is 11.5 Å². The van der Waals surface area contributed by atoms with Crippen LogP contribution in [0.4, 0.5) is 18.9 Å². The van der Waals surface area contributed by atoms with Gasteiger partial charge in [-0.3, -0.25) is 5.10 Å². The zero-order valence-corrected chi connectivity index (χ0v) is 16.5. The van der Waals surface area contributed by atoms with Crippen molar-refractivity contribution in [2.24, 2.45) is 0 Å². The highest BCUT2D eigenvalue weighted by Crippen LogP contribution is 2.47. The van der Waals surface area contributed by atoms with Crippen LogP contribution in [0, 0.1) is 0 Å². The number of hydrogen-bond acceptors (Lipinski definition) is 5. The molecule has 2 aromatic carbocycles. The second-order valence-electron chi connectivity index (χ2n) is 8.12. The Bertz CT molecular complexity index is 1060. The summed E-state index contributed by atoms with van der Waals surface area (Å²) in [5.41, 5.74) is -2.33. The Kier molecular flexibility index (Phi) is 4.80. The molecule has 6 nitrogen and oxygen atoms in total. The summed E-state index contributed by atoms with van der Waals surface area (Å²) in [5, 5.41) is 20.9. The Balaban J connectivity index is 1.62. The molecule has 4 rings (SSSR count). The van der Waals surface area contributed by atoms with Gasteiger partial charge in [0.1, 0.15) is 0 Å². The summed E-state index contributed by atoms with van der Waals surface area (Å²) in [6.07, 6.45) is -3.90. The number of aromatic amines is 1. The van der Waals surface area contributed by atoms with Gasteiger partial charge in [0.05, 0.1) is 18.3 Å². The first-order valence-corrected chi connectivity index (χ1v) is 9.45. The summed E-state index contributed by atoms with van der Waals surface area (Å²) < 4.78 is 52.9. The molecule has 0 saturated heterocycles. The van der Waals surface area contributed by atoms with Crippen LogP contribution < -0.4 is 14.8 Å². The third-order valence-electron chi connectivity index (χ3n) is 5.44. The second-order valence-corrected chi connectivity index (χ2v) is 8.12. The van der Waals surface area contributed by atoms with E-state index in [0.717, 1.165) is 0 Å². The number of rotatable bonds is 6. The number of ether oxygens (including phenoxy) is 2. The predicted molar refractivity (Wildman–Crippen MR) is 106 cm³/mol. The van der Waals surface area contributed by atoms with Crippen LogP contribution in [0.3, 0.4) is 0 Å². The van der Waals surface area contributed by atoms with Crippen molar-refractivity contribution in [3.05, 3.63) is 48.2 Å². The molecule has 1 atom stereocenters. The number of halogens is 3. The first-order chi connectivity index (χ1) is 14.1. The van der Waals surface area contributed by atoms with E-state index in [0.29, 0.717) is 33.7 Å². The molecular weight excluding hydrogens is 399 g/mol. The van der Waals surface area contributed by atoms with Gasteiger partial charge >= 0.3 is 6.18 Å². The van der Waals surface area contributed by atoms with E-state index < -0.39 is 30.2 Å². The molecule has 160 valence electrons. The Morgan fingerprint density at radius 1 is 1.13 bits per heavy atom. The van der Waals surface area contributed by atoms with Crippen LogP contribution in [0.15, 0.2) is 42.6 Å². The van der Waals surface area contributed by atoms with E-state index in [4.69, 9.17) is 9.47 Å². The summed E-state index contributed by atoms with van der Waals surface area (Å²) in [5.74, 6) is 0.907. The zero-order valence-electron chi connectivity index (χ0n) is 16.5. The fraction of sp³-hybridized carbons (Fsp3) is 0.381. The normalized spacial score (nSPS) is 15.9. The number of anilines is 1. The average Bonchev–Trinajstić information content (AvgIpc) is 3.33. The van der Waals surface area contributed by atoms with Gasteiger partial charge in [-0.2, -0.15) is 18.3 Å². The fourth-order valence-electron chi connectivity index (χ4n) is 3.92.